The molecule has 102 valence electrons. The molecule has 5 nitrogen and oxygen atoms in total. The van der Waals surface area contributed by atoms with E-state index in [0.29, 0.717) is 25.4 Å². The van der Waals surface area contributed by atoms with Gasteiger partial charge in [0, 0.05) is 25.6 Å². The smallest absolute Gasteiger partial charge is 0.289 e. The fourth-order valence-electron chi connectivity index (χ4n) is 2.88. The van der Waals surface area contributed by atoms with E-state index in [1.165, 1.54) is 0 Å². The lowest BCUT2D eigenvalue weighted by Gasteiger charge is -2.41. The summed E-state index contributed by atoms with van der Waals surface area (Å²) >= 11 is 5.69. The Bertz CT molecular complexity index is 514. The fraction of sp³-hybridized carbons (Fsp3) is 0.538. The first kappa shape index (κ1) is 12.5. The molecule has 6 heteroatoms. The molecule has 0 bridgehead atoms. The third-order valence-electron chi connectivity index (χ3n) is 3.89. The molecule has 1 aromatic heterocycles. The first-order valence-corrected chi connectivity index (χ1v) is 6.85. The molecular weight excluding hydrogens is 268 g/mol. The topological polar surface area (TPSA) is 62.6 Å². The zero-order chi connectivity index (χ0) is 13.4. The molecule has 1 N–H and O–H groups in total. The van der Waals surface area contributed by atoms with E-state index in [9.17, 15) is 9.59 Å². The van der Waals surface area contributed by atoms with Crippen molar-refractivity contribution in [3.05, 3.63) is 23.1 Å². The Balaban J connectivity index is 1.68. The van der Waals surface area contributed by atoms with Gasteiger partial charge in [0.2, 0.25) is 5.91 Å². The van der Waals surface area contributed by atoms with Crippen molar-refractivity contribution in [3.8, 4) is 0 Å². The highest BCUT2D eigenvalue weighted by atomic mass is 35.5. The molecule has 0 aliphatic carbocycles. The molecule has 2 aliphatic heterocycles. The molecule has 1 aromatic rings. The molecule has 2 amide bonds. The number of likely N-dealkylation sites (tertiary alicyclic amines) is 1. The number of fused-ring (bicyclic) bond motifs is 1. The number of halogens is 1. The van der Waals surface area contributed by atoms with Crippen LogP contribution in [0.3, 0.4) is 0 Å². The Kier molecular flexibility index (Phi) is 3.22. The summed E-state index contributed by atoms with van der Waals surface area (Å²) in [4.78, 5) is 25.4. The van der Waals surface area contributed by atoms with Crippen molar-refractivity contribution in [3.63, 3.8) is 0 Å². The summed E-state index contributed by atoms with van der Waals surface area (Å²) < 4.78 is 5.16. The van der Waals surface area contributed by atoms with Gasteiger partial charge in [0.25, 0.3) is 5.91 Å². The Morgan fingerprint density at radius 2 is 2.26 bits per heavy atom. The van der Waals surface area contributed by atoms with Gasteiger partial charge < -0.3 is 14.6 Å². The Morgan fingerprint density at radius 1 is 1.42 bits per heavy atom. The van der Waals surface area contributed by atoms with Gasteiger partial charge in [-0.2, -0.15) is 0 Å². The molecule has 2 aliphatic rings. The highest BCUT2D eigenvalue weighted by Crippen LogP contribution is 2.26. The van der Waals surface area contributed by atoms with Crippen molar-refractivity contribution in [2.24, 2.45) is 5.92 Å². The standard InChI is InChI=1S/C13H15ClN2O3/c14-11-3-2-10(19-11)13(18)16-6-5-9-8(7-16)1-4-12(17)15-9/h2-3,8-9H,1,4-7H2,(H,15,17). The molecule has 0 radical (unpaired) electrons. The van der Waals surface area contributed by atoms with Crippen molar-refractivity contribution in [1.29, 1.82) is 0 Å². The number of carbonyl (C=O) groups is 2. The molecule has 0 spiro atoms. The molecule has 19 heavy (non-hydrogen) atoms. The molecule has 2 fully saturated rings. The minimum Gasteiger partial charge on any atom is -0.440 e. The van der Waals surface area contributed by atoms with E-state index in [4.69, 9.17) is 16.0 Å². The van der Waals surface area contributed by atoms with Gasteiger partial charge in [0.1, 0.15) is 0 Å². The third kappa shape index (κ3) is 2.47. The van der Waals surface area contributed by atoms with Crippen LogP contribution in [0, 0.1) is 5.92 Å². The van der Waals surface area contributed by atoms with Crippen LogP contribution in [0.25, 0.3) is 0 Å². The summed E-state index contributed by atoms with van der Waals surface area (Å²) in [7, 11) is 0. The highest BCUT2D eigenvalue weighted by molar-refractivity contribution is 6.29. The average Bonchev–Trinajstić information content (AvgIpc) is 2.84. The molecule has 0 aromatic carbocycles. The van der Waals surface area contributed by atoms with Gasteiger partial charge in [-0.1, -0.05) is 0 Å². The predicted molar refractivity (Wildman–Crippen MR) is 68.9 cm³/mol. The van der Waals surface area contributed by atoms with E-state index in [1.807, 2.05) is 0 Å². The summed E-state index contributed by atoms with van der Waals surface area (Å²) in [5, 5.41) is 3.23. The number of piperidine rings is 2. The van der Waals surface area contributed by atoms with E-state index < -0.39 is 0 Å². The van der Waals surface area contributed by atoms with Gasteiger partial charge in [-0.05, 0) is 42.5 Å². The van der Waals surface area contributed by atoms with E-state index in [-0.39, 0.29) is 28.8 Å². The van der Waals surface area contributed by atoms with Crippen molar-refractivity contribution in [2.75, 3.05) is 13.1 Å². The quantitative estimate of drug-likeness (QED) is 0.852. The molecule has 3 heterocycles. The largest absolute Gasteiger partial charge is 0.440 e. The minimum atomic E-state index is -0.123. The van der Waals surface area contributed by atoms with Crippen molar-refractivity contribution in [2.45, 2.75) is 25.3 Å². The fourth-order valence-corrected chi connectivity index (χ4v) is 3.03. The van der Waals surface area contributed by atoms with Gasteiger partial charge in [-0.15, -0.1) is 0 Å². The number of rotatable bonds is 1. The second-order valence-electron chi connectivity index (χ2n) is 5.12. The van der Waals surface area contributed by atoms with Gasteiger partial charge in [-0.25, -0.2) is 0 Å². The molecule has 2 unspecified atom stereocenters. The van der Waals surface area contributed by atoms with E-state index in [1.54, 1.807) is 17.0 Å². The first-order valence-electron chi connectivity index (χ1n) is 6.47. The monoisotopic (exact) mass is 282 g/mol. The second kappa shape index (κ2) is 4.89. The van der Waals surface area contributed by atoms with Crippen LogP contribution in [0.15, 0.2) is 16.5 Å². The van der Waals surface area contributed by atoms with Crippen LogP contribution in [0.2, 0.25) is 5.22 Å². The zero-order valence-corrected chi connectivity index (χ0v) is 11.2. The first-order chi connectivity index (χ1) is 9.13. The maximum atomic E-state index is 12.2. The van der Waals surface area contributed by atoms with Crippen LogP contribution >= 0.6 is 11.6 Å². The van der Waals surface area contributed by atoms with Crippen molar-refractivity contribution >= 4 is 23.4 Å². The lowest BCUT2D eigenvalue weighted by atomic mass is 9.85. The Labute approximate surface area is 115 Å². The van der Waals surface area contributed by atoms with Gasteiger partial charge in [0.05, 0.1) is 0 Å². The molecule has 2 saturated heterocycles. The van der Waals surface area contributed by atoms with Crippen LogP contribution < -0.4 is 5.32 Å². The Morgan fingerprint density at radius 3 is 3.00 bits per heavy atom. The predicted octanol–water partition coefficient (Wildman–Crippen LogP) is 1.67. The summed E-state index contributed by atoms with van der Waals surface area (Å²) in [6.07, 6.45) is 2.20. The number of hydrogen-bond donors (Lipinski definition) is 1. The van der Waals surface area contributed by atoms with E-state index >= 15 is 0 Å². The zero-order valence-electron chi connectivity index (χ0n) is 10.4. The summed E-state index contributed by atoms with van der Waals surface area (Å²) in [5.41, 5.74) is 0. The van der Waals surface area contributed by atoms with Crippen LogP contribution in [0.4, 0.5) is 0 Å². The second-order valence-corrected chi connectivity index (χ2v) is 5.49. The number of amides is 2. The number of carbonyl (C=O) groups excluding carboxylic acids is 2. The molecule has 2 atom stereocenters. The highest BCUT2D eigenvalue weighted by Gasteiger charge is 2.36. The van der Waals surface area contributed by atoms with Crippen molar-refractivity contribution < 1.29 is 14.0 Å². The summed E-state index contributed by atoms with van der Waals surface area (Å²) in [6, 6.07) is 3.38. The van der Waals surface area contributed by atoms with Crippen LogP contribution in [-0.4, -0.2) is 35.8 Å². The maximum absolute atomic E-state index is 12.2. The van der Waals surface area contributed by atoms with Crippen LogP contribution in [0.1, 0.15) is 29.8 Å². The third-order valence-corrected chi connectivity index (χ3v) is 4.10. The van der Waals surface area contributed by atoms with Gasteiger partial charge in [0.15, 0.2) is 11.0 Å². The lowest BCUT2D eigenvalue weighted by Crippen LogP contribution is -2.55. The number of nitrogens with one attached hydrogen (secondary N) is 1. The number of nitrogens with zero attached hydrogens (tertiary/aromatic N) is 1. The molecule has 0 saturated carbocycles. The summed E-state index contributed by atoms with van der Waals surface area (Å²) in [6.45, 7) is 1.31. The summed E-state index contributed by atoms with van der Waals surface area (Å²) in [5.74, 6) is 0.630. The van der Waals surface area contributed by atoms with Crippen molar-refractivity contribution in [1.82, 2.24) is 10.2 Å². The van der Waals surface area contributed by atoms with Gasteiger partial charge in [-0.3, -0.25) is 9.59 Å². The van der Waals surface area contributed by atoms with Crippen LogP contribution in [-0.2, 0) is 4.79 Å². The lowest BCUT2D eigenvalue weighted by molar-refractivity contribution is -0.125. The normalized spacial score (nSPS) is 26.8. The van der Waals surface area contributed by atoms with E-state index in [2.05, 4.69) is 5.32 Å². The number of furan rings is 1. The van der Waals surface area contributed by atoms with Gasteiger partial charge >= 0.3 is 0 Å². The molecular formula is C13H15ClN2O3. The SMILES string of the molecule is O=C1CCC2CN(C(=O)c3ccc(Cl)o3)CCC2N1. The van der Waals surface area contributed by atoms with E-state index in [0.717, 1.165) is 12.8 Å². The Hall–Kier alpha value is -1.49. The maximum Gasteiger partial charge on any atom is 0.289 e. The number of hydrogen-bond acceptors (Lipinski definition) is 3. The molecule has 3 rings (SSSR count). The average molecular weight is 283 g/mol. The minimum absolute atomic E-state index is 0.123. The van der Waals surface area contributed by atoms with Crippen LogP contribution in [0.5, 0.6) is 0 Å².